The van der Waals surface area contributed by atoms with E-state index in [0.717, 1.165) is 6.26 Å². The molecule has 7 heteroatoms. The Labute approximate surface area is 95.3 Å². The van der Waals surface area contributed by atoms with Crippen molar-refractivity contribution in [2.75, 3.05) is 6.26 Å². The number of nitrogens with two attached hydrogens (primary N) is 1. The molecule has 0 fully saturated rings. The zero-order valence-electron chi connectivity index (χ0n) is 8.98. The molecule has 3 N–H and O–H groups in total. The zero-order chi connectivity index (χ0) is 12.2. The first-order chi connectivity index (χ1) is 6.70. The van der Waals surface area contributed by atoms with E-state index in [1.165, 1.54) is 6.92 Å². The summed E-state index contributed by atoms with van der Waals surface area (Å²) in [5, 5.41) is 1.41. The Bertz CT molecular complexity index is 351. The molecule has 0 aromatic rings. The number of hydrogen-bond donors (Lipinski definition) is 2. The predicted octanol–water partition coefficient (Wildman–Crippen LogP) is -0.400. The molecule has 0 saturated heterocycles. The second kappa shape index (κ2) is 5.41. The van der Waals surface area contributed by atoms with Gasteiger partial charge in [-0.15, -0.1) is 0 Å². The summed E-state index contributed by atoms with van der Waals surface area (Å²) in [5.41, 5.74) is 5.37. The molecule has 0 heterocycles. The van der Waals surface area contributed by atoms with Crippen molar-refractivity contribution in [3.8, 4) is 0 Å². The van der Waals surface area contributed by atoms with Crippen LogP contribution in [0.2, 0.25) is 0 Å². The van der Waals surface area contributed by atoms with Gasteiger partial charge in [0, 0.05) is 6.26 Å². The zero-order valence-corrected chi connectivity index (χ0v) is 10.6. The standard InChI is InChI=1S/C8H16N2O3S2/c1-4-6(7(9)14)10-8(11)5(2)15(3,12)13/h5-6H,4H2,1-3H3,(H2,9,14)(H,10,11). The molecule has 1 amide bonds. The lowest BCUT2D eigenvalue weighted by Crippen LogP contribution is -2.48. The molecule has 0 aliphatic heterocycles. The second-order valence-corrected chi connectivity index (χ2v) is 6.18. The quantitative estimate of drug-likeness (QED) is 0.650. The lowest BCUT2D eigenvalue weighted by atomic mass is 10.2. The fourth-order valence-corrected chi connectivity index (χ4v) is 1.54. The van der Waals surface area contributed by atoms with Gasteiger partial charge in [0.05, 0.1) is 11.0 Å². The molecule has 0 aliphatic rings. The molecule has 0 rings (SSSR count). The number of carbonyl (C=O) groups is 1. The van der Waals surface area contributed by atoms with Gasteiger partial charge >= 0.3 is 0 Å². The van der Waals surface area contributed by atoms with Crippen molar-refractivity contribution in [3.05, 3.63) is 0 Å². The molecular weight excluding hydrogens is 236 g/mol. The van der Waals surface area contributed by atoms with Gasteiger partial charge in [-0.2, -0.15) is 0 Å². The second-order valence-electron chi connectivity index (χ2n) is 3.34. The van der Waals surface area contributed by atoms with Crippen LogP contribution in [0.15, 0.2) is 0 Å². The van der Waals surface area contributed by atoms with Crippen molar-refractivity contribution in [2.24, 2.45) is 5.73 Å². The van der Waals surface area contributed by atoms with Gasteiger partial charge in [-0.25, -0.2) is 8.42 Å². The van der Waals surface area contributed by atoms with Crippen LogP contribution in [0.4, 0.5) is 0 Å². The summed E-state index contributed by atoms with van der Waals surface area (Å²) in [6.45, 7) is 3.13. The van der Waals surface area contributed by atoms with Gasteiger partial charge < -0.3 is 11.1 Å². The summed E-state index contributed by atoms with van der Waals surface area (Å²) in [4.78, 5) is 11.6. The predicted molar refractivity (Wildman–Crippen MR) is 63.3 cm³/mol. The van der Waals surface area contributed by atoms with Crippen LogP contribution >= 0.6 is 12.2 Å². The van der Waals surface area contributed by atoms with Gasteiger partial charge in [0.1, 0.15) is 5.25 Å². The van der Waals surface area contributed by atoms with E-state index in [1.54, 1.807) is 6.92 Å². The van der Waals surface area contributed by atoms with Crippen LogP contribution in [-0.4, -0.2) is 36.9 Å². The Morgan fingerprint density at radius 1 is 1.53 bits per heavy atom. The Hall–Kier alpha value is -0.690. The number of rotatable bonds is 5. The van der Waals surface area contributed by atoms with Crippen molar-refractivity contribution < 1.29 is 13.2 Å². The number of nitrogens with one attached hydrogen (secondary N) is 1. The third-order valence-electron chi connectivity index (χ3n) is 2.08. The highest BCUT2D eigenvalue weighted by atomic mass is 32.2. The summed E-state index contributed by atoms with van der Waals surface area (Å²) >= 11 is 4.73. The summed E-state index contributed by atoms with van der Waals surface area (Å²) in [6, 6.07) is -0.448. The van der Waals surface area contributed by atoms with Crippen molar-refractivity contribution in [3.63, 3.8) is 0 Å². The number of thiocarbonyl (C=S) groups is 1. The van der Waals surface area contributed by atoms with Crippen LogP contribution in [0, 0.1) is 0 Å². The lowest BCUT2D eigenvalue weighted by molar-refractivity contribution is -0.120. The van der Waals surface area contributed by atoms with Crippen molar-refractivity contribution >= 4 is 33.0 Å². The number of carbonyl (C=O) groups excluding carboxylic acids is 1. The first kappa shape index (κ1) is 14.3. The molecule has 0 aliphatic carbocycles. The highest BCUT2D eigenvalue weighted by Crippen LogP contribution is 2.00. The molecule has 0 spiro atoms. The molecular formula is C8H16N2O3S2. The Morgan fingerprint density at radius 3 is 2.27 bits per heavy atom. The van der Waals surface area contributed by atoms with Gasteiger partial charge in [0.25, 0.3) is 0 Å². The van der Waals surface area contributed by atoms with Gasteiger partial charge in [-0.05, 0) is 13.3 Å². The van der Waals surface area contributed by atoms with E-state index in [0.29, 0.717) is 6.42 Å². The van der Waals surface area contributed by atoms with Crippen LogP contribution in [-0.2, 0) is 14.6 Å². The summed E-state index contributed by atoms with van der Waals surface area (Å²) in [5.74, 6) is -0.572. The number of sulfone groups is 1. The van der Waals surface area contributed by atoms with E-state index in [9.17, 15) is 13.2 Å². The topological polar surface area (TPSA) is 89.3 Å². The Kier molecular flexibility index (Phi) is 5.16. The van der Waals surface area contributed by atoms with Crippen molar-refractivity contribution in [1.29, 1.82) is 0 Å². The van der Waals surface area contributed by atoms with Crippen molar-refractivity contribution in [1.82, 2.24) is 5.32 Å². The molecule has 5 nitrogen and oxygen atoms in total. The van der Waals surface area contributed by atoms with E-state index in [4.69, 9.17) is 18.0 Å². The van der Waals surface area contributed by atoms with Gasteiger partial charge in [0.15, 0.2) is 9.84 Å². The normalized spacial score (nSPS) is 15.4. The monoisotopic (exact) mass is 252 g/mol. The van der Waals surface area contributed by atoms with Crippen LogP contribution < -0.4 is 11.1 Å². The summed E-state index contributed by atoms with van der Waals surface area (Å²) < 4.78 is 22.2. The molecule has 2 atom stereocenters. The lowest BCUT2D eigenvalue weighted by Gasteiger charge is -2.17. The van der Waals surface area contributed by atoms with E-state index >= 15 is 0 Å². The molecule has 2 unspecified atom stereocenters. The van der Waals surface area contributed by atoms with Crippen molar-refractivity contribution in [2.45, 2.75) is 31.6 Å². The van der Waals surface area contributed by atoms with Crippen LogP contribution in [0.3, 0.4) is 0 Å². The highest BCUT2D eigenvalue weighted by Gasteiger charge is 2.25. The maximum Gasteiger partial charge on any atom is 0.238 e. The molecule has 0 bridgehead atoms. The first-order valence-corrected chi connectivity index (χ1v) is 6.85. The third-order valence-corrected chi connectivity index (χ3v) is 3.86. The summed E-state index contributed by atoms with van der Waals surface area (Å²) in [7, 11) is -3.38. The Balaban J connectivity index is 4.56. The molecule has 0 radical (unpaired) electrons. The minimum atomic E-state index is -3.38. The molecule has 0 aromatic carbocycles. The average molecular weight is 252 g/mol. The summed E-state index contributed by atoms with van der Waals surface area (Å²) in [6.07, 6.45) is 1.55. The number of hydrogen-bond acceptors (Lipinski definition) is 4. The fraction of sp³-hybridized carbons (Fsp3) is 0.750. The maximum absolute atomic E-state index is 11.5. The van der Waals surface area contributed by atoms with Crippen LogP contribution in [0.5, 0.6) is 0 Å². The third kappa shape index (κ3) is 4.57. The average Bonchev–Trinajstić information content (AvgIpc) is 2.10. The maximum atomic E-state index is 11.5. The minimum absolute atomic E-state index is 0.159. The van der Waals surface area contributed by atoms with Crippen LogP contribution in [0.25, 0.3) is 0 Å². The minimum Gasteiger partial charge on any atom is -0.392 e. The highest BCUT2D eigenvalue weighted by molar-refractivity contribution is 7.92. The largest absolute Gasteiger partial charge is 0.392 e. The van der Waals surface area contributed by atoms with Gasteiger partial charge in [-0.3, -0.25) is 4.79 Å². The van der Waals surface area contributed by atoms with E-state index in [-0.39, 0.29) is 4.99 Å². The van der Waals surface area contributed by atoms with Gasteiger partial charge in [0.2, 0.25) is 5.91 Å². The van der Waals surface area contributed by atoms with E-state index < -0.39 is 27.0 Å². The molecule has 0 saturated carbocycles. The number of amides is 1. The Morgan fingerprint density at radius 2 is 2.00 bits per heavy atom. The molecule has 0 aromatic heterocycles. The van der Waals surface area contributed by atoms with Crippen LogP contribution in [0.1, 0.15) is 20.3 Å². The molecule has 15 heavy (non-hydrogen) atoms. The fourth-order valence-electron chi connectivity index (χ4n) is 0.858. The van der Waals surface area contributed by atoms with E-state index in [1.807, 2.05) is 0 Å². The van der Waals surface area contributed by atoms with E-state index in [2.05, 4.69) is 5.32 Å². The van der Waals surface area contributed by atoms with Gasteiger partial charge in [-0.1, -0.05) is 19.1 Å². The first-order valence-electron chi connectivity index (χ1n) is 4.48. The smallest absolute Gasteiger partial charge is 0.238 e. The SMILES string of the molecule is CCC(NC(=O)C(C)S(C)(=O)=O)C(N)=S. The molecule has 88 valence electrons.